The van der Waals surface area contributed by atoms with E-state index in [4.69, 9.17) is 5.73 Å². The average molecular weight is 586 g/mol. The monoisotopic (exact) mass is 585 g/mol. The lowest BCUT2D eigenvalue weighted by Crippen LogP contribution is -2.65. The minimum Gasteiger partial charge on any atom is -0.508 e. The van der Waals surface area contributed by atoms with Crippen LogP contribution in [0.4, 0.5) is 11.4 Å². The molecule has 3 aliphatic rings. The number of phenolic OH excluding ortho intramolecular Hbond substituents is 1. The number of aliphatic hydroxyl groups excluding tert-OH is 2. The third-order valence-electron chi connectivity index (χ3n) is 8.23. The summed E-state index contributed by atoms with van der Waals surface area (Å²) in [5.41, 5.74) is 2.11. The molecule has 1 aromatic rings. The molecule has 0 bridgehead atoms. The first-order chi connectivity index (χ1) is 19.3. The summed E-state index contributed by atoms with van der Waals surface area (Å²) in [7, 11) is 6.58. The van der Waals surface area contributed by atoms with Crippen molar-refractivity contribution in [3.05, 3.63) is 34.1 Å². The highest BCUT2D eigenvalue weighted by atomic mass is 16.3. The first-order valence-corrected chi connectivity index (χ1v) is 13.6. The molecule has 42 heavy (non-hydrogen) atoms. The number of ketones is 2. The van der Waals surface area contributed by atoms with Crippen molar-refractivity contribution in [3.8, 4) is 5.75 Å². The van der Waals surface area contributed by atoms with E-state index in [-0.39, 0.29) is 41.7 Å². The molecule has 228 valence electrons. The summed E-state index contributed by atoms with van der Waals surface area (Å²) in [6, 6.07) is 0.409. The van der Waals surface area contributed by atoms with E-state index in [9.17, 15) is 39.6 Å². The van der Waals surface area contributed by atoms with Crippen molar-refractivity contribution in [1.29, 1.82) is 0 Å². The molecule has 0 spiro atoms. The number of Topliss-reactive ketones (excluding diaryl/α,β-unsaturated/α-hetero) is 2. The fourth-order valence-corrected chi connectivity index (χ4v) is 6.33. The number of carbonyl (C=O) groups excluding carboxylic acids is 4. The summed E-state index contributed by atoms with van der Waals surface area (Å²) in [5.74, 6) is -7.79. The topological polar surface area (TPSA) is 206 Å². The number of carbonyl (C=O) groups is 4. The molecule has 4 atom stereocenters. The molecule has 13 nitrogen and oxygen atoms in total. The fraction of sp³-hybridized carbons (Fsp3) is 0.517. The number of rotatable bonds is 6. The number of nitrogens with zero attached hydrogens (tertiary/aromatic N) is 2. The Kier molecular flexibility index (Phi) is 7.68. The number of aliphatic hydroxyl groups is 3. The van der Waals surface area contributed by atoms with Crippen molar-refractivity contribution >= 4 is 40.5 Å². The van der Waals surface area contributed by atoms with Crippen LogP contribution in [0.3, 0.4) is 0 Å². The van der Waals surface area contributed by atoms with Gasteiger partial charge in [-0.25, -0.2) is 0 Å². The molecule has 0 unspecified atom stereocenters. The number of phenols is 1. The first kappa shape index (κ1) is 31.0. The van der Waals surface area contributed by atoms with E-state index < -0.39 is 69.7 Å². The Balaban J connectivity index is 1.89. The molecule has 13 heteroatoms. The van der Waals surface area contributed by atoms with Crippen molar-refractivity contribution in [1.82, 2.24) is 10.2 Å². The van der Waals surface area contributed by atoms with Gasteiger partial charge < -0.3 is 41.7 Å². The second-order valence-electron chi connectivity index (χ2n) is 12.7. The summed E-state index contributed by atoms with van der Waals surface area (Å²) in [5, 5.41) is 51.3. The second-order valence-corrected chi connectivity index (χ2v) is 12.7. The summed E-state index contributed by atoms with van der Waals surface area (Å²) < 4.78 is 0. The number of likely N-dealkylation sites (N-methyl/N-ethyl adjacent to an activating group) is 1. The van der Waals surface area contributed by atoms with E-state index in [1.165, 1.54) is 4.90 Å². The maximum absolute atomic E-state index is 14.0. The molecule has 0 saturated heterocycles. The highest BCUT2D eigenvalue weighted by molar-refractivity contribution is 6.24. The average Bonchev–Trinajstić information content (AvgIpc) is 2.85. The summed E-state index contributed by atoms with van der Waals surface area (Å²) in [6.45, 7) is 5.62. The van der Waals surface area contributed by atoms with Crippen LogP contribution in [0.2, 0.25) is 0 Å². The van der Waals surface area contributed by atoms with Crippen LogP contribution in [-0.2, 0) is 25.6 Å². The lowest BCUT2D eigenvalue weighted by Gasteiger charge is -2.50. The highest BCUT2D eigenvalue weighted by Gasteiger charge is 2.64. The quantitative estimate of drug-likeness (QED) is 0.179. The number of aromatic hydroxyl groups is 1. The molecular weight excluding hydrogens is 546 g/mol. The Morgan fingerprint density at radius 3 is 2.26 bits per heavy atom. The molecular formula is C29H39N5O8. The van der Waals surface area contributed by atoms with Crippen molar-refractivity contribution in [2.24, 2.45) is 17.6 Å². The molecule has 0 heterocycles. The SMILES string of the molecule is CN(C)c1cc(NC(=O)CNC(C)(C)C)c(O)c2c1C[C@@H]1C[C@H]3[C@H](N(C)C)C(=O)C(C(N)=O)=C(O)[C@@]3(O)C(=O)C1=C2O. The minimum atomic E-state index is -2.73. The molecule has 1 fully saturated rings. The standard InChI is InChI=1S/C29H39N5O8/c1-28(2,3)31-11-17(35)32-15-10-16(33(4)5)13-8-12-9-14-21(34(6)7)24(38)20(27(30)41)26(40)29(14,42)25(39)18(12)23(37)19(13)22(15)36/h10,12,14,21,31,36-37,40,42H,8-9,11H2,1-7H3,(H2,30,41)(H,32,35)/t12-,14+,21+,29+/m1/s1. The van der Waals surface area contributed by atoms with E-state index in [0.29, 0.717) is 11.3 Å². The number of benzene rings is 1. The summed E-state index contributed by atoms with van der Waals surface area (Å²) in [6.07, 6.45) is 0.117. The fourth-order valence-electron chi connectivity index (χ4n) is 6.33. The van der Waals surface area contributed by atoms with Crippen LogP contribution in [0.5, 0.6) is 5.75 Å². The Hall–Kier alpha value is -3.94. The molecule has 0 radical (unpaired) electrons. The molecule has 2 amide bonds. The van der Waals surface area contributed by atoms with Crippen molar-refractivity contribution in [2.75, 3.05) is 45.0 Å². The van der Waals surface area contributed by atoms with Crippen LogP contribution in [-0.4, -0.2) is 101 Å². The van der Waals surface area contributed by atoms with Gasteiger partial charge in [-0.1, -0.05) is 0 Å². The zero-order valence-electron chi connectivity index (χ0n) is 24.8. The normalized spacial score (nSPS) is 25.7. The zero-order valence-corrected chi connectivity index (χ0v) is 24.8. The molecule has 0 aromatic heterocycles. The number of primary amides is 1. The number of amides is 2. The lowest BCUT2D eigenvalue weighted by atomic mass is 9.57. The van der Waals surface area contributed by atoms with Crippen LogP contribution >= 0.6 is 0 Å². The van der Waals surface area contributed by atoms with E-state index >= 15 is 0 Å². The second kappa shape index (κ2) is 10.4. The van der Waals surface area contributed by atoms with Gasteiger partial charge in [0.2, 0.25) is 11.7 Å². The van der Waals surface area contributed by atoms with Gasteiger partial charge in [0.15, 0.2) is 11.4 Å². The van der Waals surface area contributed by atoms with E-state index in [1.807, 2.05) is 20.8 Å². The van der Waals surface area contributed by atoms with Gasteiger partial charge in [-0.3, -0.25) is 24.1 Å². The van der Waals surface area contributed by atoms with Crippen molar-refractivity contribution in [2.45, 2.75) is 50.8 Å². The predicted molar refractivity (Wildman–Crippen MR) is 155 cm³/mol. The third-order valence-corrected chi connectivity index (χ3v) is 8.23. The third kappa shape index (κ3) is 4.80. The van der Waals surface area contributed by atoms with Gasteiger partial charge in [-0.2, -0.15) is 0 Å². The van der Waals surface area contributed by atoms with E-state index in [0.717, 1.165) is 0 Å². The number of nitrogens with two attached hydrogens (primary N) is 1. The van der Waals surface area contributed by atoms with Gasteiger partial charge in [0, 0.05) is 36.8 Å². The largest absolute Gasteiger partial charge is 0.508 e. The van der Waals surface area contributed by atoms with Crippen LogP contribution in [0.25, 0.3) is 5.76 Å². The summed E-state index contributed by atoms with van der Waals surface area (Å²) in [4.78, 5) is 55.3. The Morgan fingerprint density at radius 1 is 1.12 bits per heavy atom. The summed E-state index contributed by atoms with van der Waals surface area (Å²) >= 11 is 0. The number of hydrogen-bond donors (Lipinski definition) is 7. The first-order valence-electron chi connectivity index (χ1n) is 13.6. The van der Waals surface area contributed by atoms with E-state index in [1.54, 1.807) is 39.2 Å². The van der Waals surface area contributed by atoms with Gasteiger partial charge >= 0.3 is 0 Å². The van der Waals surface area contributed by atoms with Gasteiger partial charge in [0.05, 0.1) is 23.8 Å². The molecule has 4 rings (SSSR count). The number of fused-ring (bicyclic) bond motifs is 3. The van der Waals surface area contributed by atoms with Gasteiger partial charge in [0.1, 0.15) is 22.8 Å². The maximum atomic E-state index is 14.0. The van der Waals surface area contributed by atoms with Crippen molar-refractivity contribution in [3.63, 3.8) is 0 Å². The predicted octanol–water partition coefficient (Wildman–Crippen LogP) is 0.357. The molecule has 1 saturated carbocycles. The van der Waals surface area contributed by atoms with Crippen LogP contribution < -0.4 is 21.3 Å². The van der Waals surface area contributed by atoms with Crippen LogP contribution in [0.15, 0.2) is 23.0 Å². The number of hydrogen-bond acceptors (Lipinski definition) is 11. The smallest absolute Gasteiger partial charge is 0.255 e. The minimum absolute atomic E-state index is 0.00158. The van der Waals surface area contributed by atoms with Gasteiger partial charge in [-0.15, -0.1) is 0 Å². The van der Waals surface area contributed by atoms with Crippen molar-refractivity contribution < 1.29 is 39.6 Å². The Morgan fingerprint density at radius 2 is 1.74 bits per heavy atom. The molecule has 1 aromatic carbocycles. The zero-order chi connectivity index (χ0) is 31.6. The molecule has 3 aliphatic carbocycles. The number of anilines is 2. The highest BCUT2D eigenvalue weighted by Crippen LogP contribution is 2.54. The van der Waals surface area contributed by atoms with Gasteiger partial charge in [0.25, 0.3) is 5.91 Å². The van der Waals surface area contributed by atoms with Crippen LogP contribution in [0, 0.1) is 11.8 Å². The molecule has 0 aliphatic heterocycles. The number of nitrogens with one attached hydrogen (secondary N) is 2. The van der Waals surface area contributed by atoms with Crippen LogP contribution in [0.1, 0.15) is 38.3 Å². The molecule has 8 N–H and O–H groups in total. The Bertz CT molecular complexity index is 1450. The lowest BCUT2D eigenvalue weighted by molar-refractivity contribution is -0.153. The Labute approximate surface area is 243 Å². The van der Waals surface area contributed by atoms with Gasteiger partial charge in [-0.05, 0) is 65.3 Å². The van der Waals surface area contributed by atoms with E-state index in [2.05, 4.69) is 10.6 Å². The maximum Gasteiger partial charge on any atom is 0.255 e.